The molecule has 0 nitrogen and oxygen atoms in total. The molecule has 0 aromatic heterocycles. The van der Waals surface area contributed by atoms with Gasteiger partial charge in [-0.2, -0.15) is 0 Å². The van der Waals surface area contributed by atoms with Crippen LogP contribution in [0.4, 0.5) is 0 Å². The maximum atomic E-state index is 3.75. The molecule has 18 heavy (non-hydrogen) atoms. The van der Waals surface area contributed by atoms with Crippen LogP contribution in [0.3, 0.4) is 0 Å². The average molecular weight is 246 g/mol. The van der Waals surface area contributed by atoms with Crippen LogP contribution in [0.25, 0.3) is 0 Å². The molecule has 0 saturated heterocycles. The van der Waals surface area contributed by atoms with Crippen molar-refractivity contribution in [2.45, 2.75) is 60.3 Å². The van der Waals surface area contributed by atoms with Crippen LogP contribution < -0.4 is 0 Å². The molecule has 102 valence electrons. The Morgan fingerprint density at radius 1 is 1.06 bits per heavy atom. The van der Waals surface area contributed by atoms with Gasteiger partial charge < -0.3 is 0 Å². The van der Waals surface area contributed by atoms with Gasteiger partial charge in [0.05, 0.1) is 0 Å². The summed E-state index contributed by atoms with van der Waals surface area (Å²) in [7, 11) is 0. The fourth-order valence-electron chi connectivity index (χ4n) is 1.79. The first-order chi connectivity index (χ1) is 8.51. The predicted molar refractivity (Wildman–Crippen MR) is 84.8 cm³/mol. The standard InChI is InChI=1S/C18H30/c1-7-9-10-11-17(5)18(6)14-16(4)13-12-15(3)8-2/h7-8,11,14,18H,1,9-10,12-13H2,2-6H3. The van der Waals surface area contributed by atoms with E-state index in [9.17, 15) is 0 Å². The maximum absolute atomic E-state index is 3.75. The molecule has 0 fully saturated rings. The Labute approximate surface area is 114 Å². The molecule has 0 N–H and O–H groups in total. The van der Waals surface area contributed by atoms with Crippen molar-refractivity contribution in [1.82, 2.24) is 0 Å². The second-order valence-corrected chi connectivity index (χ2v) is 5.25. The van der Waals surface area contributed by atoms with E-state index in [-0.39, 0.29) is 0 Å². The highest BCUT2D eigenvalue weighted by Gasteiger charge is 2.01. The van der Waals surface area contributed by atoms with Crippen molar-refractivity contribution >= 4 is 0 Å². The van der Waals surface area contributed by atoms with Crippen LogP contribution in [0.5, 0.6) is 0 Å². The van der Waals surface area contributed by atoms with Crippen molar-refractivity contribution in [2.24, 2.45) is 5.92 Å². The van der Waals surface area contributed by atoms with Crippen LogP contribution >= 0.6 is 0 Å². The molecule has 0 aromatic rings. The lowest BCUT2D eigenvalue weighted by atomic mass is 9.96. The van der Waals surface area contributed by atoms with Gasteiger partial charge in [-0.15, -0.1) is 6.58 Å². The smallest absolute Gasteiger partial charge is 0.00519 e. The predicted octanol–water partition coefficient (Wildman–Crippen LogP) is 6.23. The Morgan fingerprint density at radius 2 is 1.67 bits per heavy atom. The van der Waals surface area contributed by atoms with Crippen LogP contribution in [0.1, 0.15) is 60.3 Å². The summed E-state index contributed by atoms with van der Waals surface area (Å²) in [6.45, 7) is 14.8. The van der Waals surface area contributed by atoms with E-state index in [4.69, 9.17) is 0 Å². The topological polar surface area (TPSA) is 0 Å². The van der Waals surface area contributed by atoms with Crippen molar-refractivity contribution < 1.29 is 0 Å². The minimum Gasteiger partial charge on any atom is -0.103 e. The Morgan fingerprint density at radius 3 is 2.22 bits per heavy atom. The van der Waals surface area contributed by atoms with E-state index in [1.807, 2.05) is 6.08 Å². The van der Waals surface area contributed by atoms with Crippen molar-refractivity contribution in [2.75, 3.05) is 0 Å². The van der Waals surface area contributed by atoms with E-state index in [0.717, 1.165) is 12.8 Å². The van der Waals surface area contributed by atoms with Gasteiger partial charge >= 0.3 is 0 Å². The lowest BCUT2D eigenvalue weighted by Crippen LogP contribution is -1.94. The lowest BCUT2D eigenvalue weighted by molar-refractivity contribution is 0.816. The first-order valence-electron chi connectivity index (χ1n) is 7.07. The van der Waals surface area contributed by atoms with Crippen LogP contribution in [-0.2, 0) is 0 Å². The Balaban J connectivity index is 4.28. The second-order valence-electron chi connectivity index (χ2n) is 5.25. The highest BCUT2D eigenvalue weighted by atomic mass is 14.1. The minimum atomic E-state index is 0.556. The quantitative estimate of drug-likeness (QED) is 0.352. The minimum absolute atomic E-state index is 0.556. The normalized spacial score (nSPS) is 15.7. The van der Waals surface area contributed by atoms with Crippen LogP contribution in [0.2, 0.25) is 0 Å². The maximum Gasteiger partial charge on any atom is -0.00519 e. The summed E-state index contributed by atoms with van der Waals surface area (Å²) in [5, 5.41) is 0. The van der Waals surface area contributed by atoms with Gasteiger partial charge in [-0.25, -0.2) is 0 Å². The Kier molecular flexibility index (Phi) is 9.36. The Hall–Kier alpha value is -1.04. The fraction of sp³-hybridized carbons (Fsp3) is 0.556. The van der Waals surface area contributed by atoms with Gasteiger partial charge in [0.25, 0.3) is 0 Å². The zero-order chi connectivity index (χ0) is 14.0. The molecule has 0 rings (SSSR count). The van der Waals surface area contributed by atoms with E-state index >= 15 is 0 Å². The van der Waals surface area contributed by atoms with Gasteiger partial charge in [0, 0.05) is 0 Å². The molecule has 1 atom stereocenters. The summed E-state index contributed by atoms with van der Waals surface area (Å²) in [5.41, 5.74) is 4.45. The van der Waals surface area contributed by atoms with Crippen molar-refractivity contribution in [3.8, 4) is 0 Å². The number of allylic oxidation sites excluding steroid dienone is 7. The number of hydrogen-bond acceptors (Lipinski definition) is 0. The number of rotatable bonds is 8. The first-order valence-corrected chi connectivity index (χ1v) is 7.07. The van der Waals surface area contributed by atoms with Gasteiger partial charge in [0.1, 0.15) is 0 Å². The third kappa shape index (κ3) is 8.11. The molecule has 1 unspecified atom stereocenters. The molecule has 0 aliphatic heterocycles. The van der Waals surface area contributed by atoms with Crippen LogP contribution in [0, 0.1) is 5.92 Å². The molecular formula is C18H30. The molecule has 0 bridgehead atoms. The van der Waals surface area contributed by atoms with E-state index in [2.05, 4.69) is 59.4 Å². The average Bonchev–Trinajstić information content (AvgIpc) is 2.35. The highest BCUT2D eigenvalue weighted by molar-refractivity contribution is 5.14. The Bertz CT molecular complexity index is 326. The molecular weight excluding hydrogens is 216 g/mol. The third-order valence-corrected chi connectivity index (χ3v) is 3.50. The number of unbranched alkanes of at least 4 members (excludes halogenated alkanes) is 1. The highest BCUT2D eigenvalue weighted by Crippen LogP contribution is 2.18. The molecule has 0 aliphatic carbocycles. The molecule has 0 radical (unpaired) electrons. The van der Waals surface area contributed by atoms with Crippen molar-refractivity contribution in [3.05, 3.63) is 47.6 Å². The molecule has 0 spiro atoms. The first kappa shape index (κ1) is 17.0. The van der Waals surface area contributed by atoms with Crippen LogP contribution in [0.15, 0.2) is 47.6 Å². The SMILES string of the molecule is C=CCCC=C(C)C(C)C=C(C)CCC(C)=CC. The van der Waals surface area contributed by atoms with E-state index in [1.54, 1.807) is 0 Å². The largest absolute Gasteiger partial charge is 0.103 e. The lowest BCUT2D eigenvalue weighted by Gasteiger charge is -2.10. The van der Waals surface area contributed by atoms with Crippen LogP contribution in [-0.4, -0.2) is 0 Å². The van der Waals surface area contributed by atoms with Gasteiger partial charge in [-0.3, -0.25) is 0 Å². The van der Waals surface area contributed by atoms with Crippen molar-refractivity contribution in [3.63, 3.8) is 0 Å². The summed E-state index contributed by atoms with van der Waals surface area (Å²) in [6.07, 6.45) is 13.5. The summed E-state index contributed by atoms with van der Waals surface area (Å²) in [5.74, 6) is 0.556. The summed E-state index contributed by atoms with van der Waals surface area (Å²) in [6, 6.07) is 0. The van der Waals surface area contributed by atoms with E-state index < -0.39 is 0 Å². The fourth-order valence-corrected chi connectivity index (χ4v) is 1.79. The van der Waals surface area contributed by atoms with E-state index in [1.165, 1.54) is 29.6 Å². The summed E-state index contributed by atoms with van der Waals surface area (Å²) < 4.78 is 0. The van der Waals surface area contributed by atoms with Gasteiger partial charge in [0.15, 0.2) is 0 Å². The number of hydrogen-bond donors (Lipinski definition) is 0. The second kappa shape index (κ2) is 9.94. The molecule has 0 amide bonds. The molecule has 0 saturated carbocycles. The van der Waals surface area contributed by atoms with Crippen molar-refractivity contribution in [1.29, 1.82) is 0 Å². The molecule has 0 aliphatic rings. The molecule has 0 heteroatoms. The van der Waals surface area contributed by atoms with Gasteiger partial charge in [-0.05, 0) is 59.3 Å². The third-order valence-electron chi connectivity index (χ3n) is 3.50. The van der Waals surface area contributed by atoms with Gasteiger partial charge in [-0.1, -0.05) is 47.9 Å². The molecule has 0 aromatic carbocycles. The van der Waals surface area contributed by atoms with Gasteiger partial charge in [0.2, 0.25) is 0 Å². The molecule has 0 heterocycles. The summed E-state index contributed by atoms with van der Waals surface area (Å²) in [4.78, 5) is 0. The van der Waals surface area contributed by atoms with E-state index in [0.29, 0.717) is 5.92 Å². The summed E-state index contributed by atoms with van der Waals surface area (Å²) >= 11 is 0. The zero-order valence-corrected chi connectivity index (χ0v) is 12.9. The zero-order valence-electron chi connectivity index (χ0n) is 12.9. The monoisotopic (exact) mass is 246 g/mol.